The number of rotatable bonds is 4. The van der Waals surface area contributed by atoms with Crippen LogP contribution in [0, 0.1) is 6.92 Å². The maximum absolute atomic E-state index is 12.7. The van der Waals surface area contributed by atoms with Crippen LogP contribution in [0.2, 0.25) is 0 Å². The molecule has 2 aromatic carbocycles. The van der Waals surface area contributed by atoms with Crippen LogP contribution >= 0.6 is 0 Å². The smallest absolute Gasteiger partial charge is 0.416 e. The van der Waals surface area contributed by atoms with Crippen molar-refractivity contribution < 1.29 is 22.7 Å². The van der Waals surface area contributed by atoms with E-state index in [1.165, 1.54) is 24.3 Å². The van der Waals surface area contributed by atoms with E-state index in [2.05, 4.69) is 0 Å². The number of phenolic OH excluding ortho intramolecular Hbond substituents is 1. The SMILES string of the molecule is Cc1c(O)ccc2c(CN(C)Cc3ccc(C(F)(F)F)cc3)cc(=O)oc12. The summed E-state index contributed by atoms with van der Waals surface area (Å²) in [6, 6.07) is 9.61. The lowest BCUT2D eigenvalue weighted by Crippen LogP contribution is -2.18. The molecule has 3 aromatic rings. The molecule has 4 nitrogen and oxygen atoms in total. The summed E-state index contributed by atoms with van der Waals surface area (Å²) in [7, 11) is 1.81. The average molecular weight is 377 g/mol. The molecule has 0 aliphatic rings. The molecule has 0 saturated carbocycles. The minimum atomic E-state index is -4.36. The lowest BCUT2D eigenvalue weighted by molar-refractivity contribution is -0.137. The molecule has 0 aliphatic heterocycles. The van der Waals surface area contributed by atoms with Crippen molar-refractivity contribution in [3.8, 4) is 5.75 Å². The first-order valence-electron chi connectivity index (χ1n) is 8.25. The fraction of sp³-hybridized carbons (Fsp3) is 0.250. The third-order valence-electron chi connectivity index (χ3n) is 4.39. The number of halogens is 3. The zero-order valence-corrected chi connectivity index (χ0v) is 14.8. The molecule has 0 atom stereocenters. The molecule has 142 valence electrons. The number of aryl methyl sites for hydroxylation is 1. The standard InChI is InChI=1S/C20H18F3NO3/c1-12-17(25)8-7-16-14(9-18(26)27-19(12)16)11-24(2)10-13-3-5-15(6-4-13)20(21,22)23/h3-9,25H,10-11H2,1-2H3. The molecule has 0 spiro atoms. The summed E-state index contributed by atoms with van der Waals surface area (Å²) in [6.45, 7) is 2.47. The Morgan fingerprint density at radius 1 is 1.07 bits per heavy atom. The normalized spacial score (nSPS) is 12.1. The molecule has 0 amide bonds. The number of hydrogen-bond donors (Lipinski definition) is 1. The van der Waals surface area contributed by atoms with Crippen LogP contribution in [0.15, 0.2) is 51.7 Å². The van der Waals surface area contributed by atoms with Crippen LogP contribution in [-0.4, -0.2) is 17.1 Å². The first kappa shape index (κ1) is 19.0. The van der Waals surface area contributed by atoms with Gasteiger partial charge in [-0.15, -0.1) is 0 Å². The van der Waals surface area contributed by atoms with E-state index in [0.717, 1.165) is 23.3 Å². The van der Waals surface area contributed by atoms with E-state index in [-0.39, 0.29) is 5.75 Å². The van der Waals surface area contributed by atoms with Gasteiger partial charge in [0.15, 0.2) is 0 Å². The van der Waals surface area contributed by atoms with Gasteiger partial charge < -0.3 is 9.52 Å². The van der Waals surface area contributed by atoms with Crippen molar-refractivity contribution in [2.75, 3.05) is 7.05 Å². The van der Waals surface area contributed by atoms with E-state index in [1.807, 2.05) is 11.9 Å². The van der Waals surface area contributed by atoms with Crippen LogP contribution in [0.1, 0.15) is 22.3 Å². The summed E-state index contributed by atoms with van der Waals surface area (Å²) in [6.07, 6.45) is -4.36. The monoisotopic (exact) mass is 377 g/mol. The fourth-order valence-corrected chi connectivity index (χ4v) is 3.00. The van der Waals surface area contributed by atoms with Crippen molar-refractivity contribution in [3.63, 3.8) is 0 Å². The van der Waals surface area contributed by atoms with Gasteiger partial charge in [-0.1, -0.05) is 12.1 Å². The van der Waals surface area contributed by atoms with Crippen LogP contribution in [0.3, 0.4) is 0 Å². The zero-order valence-electron chi connectivity index (χ0n) is 14.8. The van der Waals surface area contributed by atoms with Gasteiger partial charge in [0.2, 0.25) is 0 Å². The number of nitrogens with zero attached hydrogens (tertiary/aromatic N) is 1. The van der Waals surface area contributed by atoms with E-state index >= 15 is 0 Å². The van der Waals surface area contributed by atoms with Gasteiger partial charge >= 0.3 is 11.8 Å². The number of phenols is 1. The first-order chi connectivity index (χ1) is 12.6. The summed E-state index contributed by atoms with van der Waals surface area (Å²) >= 11 is 0. The molecule has 7 heteroatoms. The summed E-state index contributed by atoms with van der Waals surface area (Å²) < 4.78 is 43.2. The number of aromatic hydroxyl groups is 1. The summed E-state index contributed by atoms with van der Waals surface area (Å²) in [5.41, 5.74) is 1.06. The van der Waals surface area contributed by atoms with Gasteiger partial charge in [-0.2, -0.15) is 13.2 Å². The second kappa shape index (κ2) is 7.08. The van der Waals surface area contributed by atoms with Crippen LogP contribution in [0.25, 0.3) is 11.0 Å². The van der Waals surface area contributed by atoms with E-state index in [9.17, 15) is 23.1 Å². The lowest BCUT2D eigenvalue weighted by atomic mass is 10.1. The molecule has 0 aliphatic carbocycles. The summed E-state index contributed by atoms with van der Waals surface area (Å²) in [5, 5.41) is 10.5. The molecule has 0 radical (unpaired) electrons. The van der Waals surface area contributed by atoms with Gasteiger partial charge in [0, 0.05) is 30.1 Å². The van der Waals surface area contributed by atoms with Crippen molar-refractivity contribution in [3.05, 3.63) is 75.1 Å². The molecule has 0 saturated heterocycles. The lowest BCUT2D eigenvalue weighted by Gasteiger charge is -2.18. The quantitative estimate of drug-likeness (QED) is 0.682. The Labute approximate surface area is 153 Å². The molecule has 1 N–H and O–H groups in total. The van der Waals surface area contributed by atoms with Crippen molar-refractivity contribution >= 4 is 11.0 Å². The van der Waals surface area contributed by atoms with Gasteiger partial charge in [0.25, 0.3) is 0 Å². The molecule has 1 aromatic heterocycles. The molecule has 27 heavy (non-hydrogen) atoms. The Kier molecular flexibility index (Phi) is 4.97. The van der Waals surface area contributed by atoms with E-state index < -0.39 is 17.4 Å². The predicted octanol–water partition coefficient (Wildman–Crippen LogP) is 4.46. The molecule has 1 heterocycles. The fourth-order valence-electron chi connectivity index (χ4n) is 3.00. The van der Waals surface area contributed by atoms with Gasteiger partial charge in [-0.25, -0.2) is 4.79 Å². The molecule has 0 fully saturated rings. The van der Waals surface area contributed by atoms with Crippen molar-refractivity contribution in [2.24, 2.45) is 0 Å². The van der Waals surface area contributed by atoms with Crippen molar-refractivity contribution in [2.45, 2.75) is 26.2 Å². The number of fused-ring (bicyclic) bond motifs is 1. The molecular weight excluding hydrogens is 359 g/mol. The molecule has 0 unspecified atom stereocenters. The van der Waals surface area contributed by atoms with Gasteiger partial charge in [-0.05, 0) is 49.4 Å². The maximum Gasteiger partial charge on any atom is 0.416 e. The minimum Gasteiger partial charge on any atom is -0.508 e. The number of benzene rings is 2. The number of hydrogen-bond acceptors (Lipinski definition) is 4. The van der Waals surface area contributed by atoms with Crippen molar-refractivity contribution in [1.82, 2.24) is 4.90 Å². The van der Waals surface area contributed by atoms with E-state index in [0.29, 0.717) is 29.6 Å². The summed E-state index contributed by atoms with van der Waals surface area (Å²) in [5.74, 6) is 0.0425. The largest absolute Gasteiger partial charge is 0.508 e. The molecule has 3 rings (SSSR count). The third kappa shape index (κ3) is 4.14. The van der Waals surface area contributed by atoms with Gasteiger partial charge in [0.05, 0.1) is 5.56 Å². The zero-order chi connectivity index (χ0) is 19.8. The van der Waals surface area contributed by atoms with Gasteiger partial charge in [-0.3, -0.25) is 4.90 Å². The van der Waals surface area contributed by atoms with Gasteiger partial charge in [0.1, 0.15) is 11.3 Å². The topological polar surface area (TPSA) is 53.7 Å². The predicted molar refractivity (Wildman–Crippen MR) is 95.5 cm³/mol. The Morgan fingerprint density at radius 3 is 2.37 bits per heavy atom. The van der Waals surface area contributed by atoms with E-state index in [1.54, 1.807) is 13.0 Å². The highest BCUT2D eigenvalue weighted by Gasteiger charge is 2.29. The Morgan fingerprint density at radius 2 is 1.74 bits per heavy atom. The maximum atomic E-state index is 12.7. The number of alkyl halides is 3. The minimum absolute atomic E-state index is 0.0425. The van der Waals surface area contributed by atoms with E-state index in [4.69, 9.17) is 4.42 Å². The average Bonchev–Trinajstić information content (AvgIpc) is 2.58. The summed E-state index contributed by atoms with van der Waals surface area (Å²) in [4.78, 5) is 13.8. The first-order valence-corrected chi connectivity index (χ1v) is 8.25. The Balaban J connectivity index is 1.83. The Hall–Kier alpha value is -2.80. The van der Waals surface area contributed by atoms with Crippen LogP contribution in [0.5, 0.6) is 5.75 Å². The second-order valence-electron chi connectivity index (χ2n) is 6.54. The Bertz CT molecular complexity index is 1020. The highest BCUT2D eigenvalue weighted by molar-refractivity contribution is 5.84. The highest BCUT2D eigenvalue weighted by atomic mass is 19.4. The van der Waals surface area contributed by atoms with Crippen LogP contribution in [-0.2, 0) is 19.3 Å². The second-order valence-corrected chi connectivity index (χ2v) is 6.54. The van der Waals surface area contributed by atoms with Crippen LogP contribution in [0.4, 0.5) is 13.2 Å². The van der Waals surface area contributed by atoms with Crippen LogP contribution < -0.4 is 5.63 Å². The molecular formula is C20H18F3NO3. The van der Waals surface area contributed by atoms with Crippen molar-refractivity contribution in [1.29, 1.82) is 0 Å². The highest BCUT2D eigenvalue weighted by Crippen LogP contribution is 2.30. The molecule has 0 bridgehead atoms. The third-order valence-corrected chi connectivity index (χ3v) is 4.39.